The highest BCUT2D eigenvalue weighted by Crippen LogP contribution is 2.48. The van der Waals surface area contributed by atoms with Gasteiger partial charge in [-0.2, -0.15) is 0 Å². The third-order valence-corrected chi connectivity index (χ3v) is 6.22. The first kappa shape index (κ1) is 26.6. The number of nitrogens with one attached hydrogen (secondary N) is 1. The van der Waals surface area contributed by atoms with Gasteiger partial charge in [0.1, 0.15) is 17.5 Å². The quantitative estimate of drug-likeness (QED) is 0.389. The van der Waals surface area contributed by atoms with Crippen molar-refractivity contribution >= 4 is 23.2 Å². The van der Waals surface area contributed by atoms with Crippen LogP contribution in [0.1, 0.15) is 18.5 Å². The number of para-hydroxylation sites is 1. The summed E-state index contributed by atoms with van der Waals surface area (Å²) in [5, 5.41) is 2.80. The van der Waals surface area contributed by atoms with Crippen molar-refractivity contribution in [1.29, 1.82) is 0 Å². The summed E-state index contributed by atoms with van der Waals surface area (Å²) >= 11 is 0. The molecule has 2 amide bonds. The molecule has 3 atom stereocenters. The molecule has 10 heteroatoms. The van der Waals surface area contributed by atoms with E-state index < -0.39 is 18.2 Å². The molecule has 0 bridgehead atoms. The van der Waals surface area contributed by atoms with Crippen LogP contribution in [0.15, 0.2) is 60.7 Å². The van der Waals surface area contributed by atoms with Gasteiger partial charge in [-0.1, -0.05) is 24.3 Å². The summed E-state index contributed by atoms with van der Waals surface area (Å²) in [7, 11) is 6.03. The van der Waals surface area contributed by atoms with Gasteiger partial charge in [-0.05, 0) is 36.8 Å². The van der Waals surface area contributed by atoms with Gasteiger partial charge in [0, 0.05) is 12.1 Å². The van der Waals surface area contributed by atoms with Crippen LogP contribution in [0.25, 0.3) is 0 Å². The van der Waals surface area contributed by atoms with Crippen molar-refractivity contribution in [2.24, 2.45) is 5.73 Å². The molecule has 38 heavy (non-hydrogen) atoms. The minimum Gasteiger partial charge on any atom is -0.495 e. The Balaban J connectivity index is 1.80. The van der Waals surface area contributed by atoms with E-state index in [9.17, 15) is 9.59 Å². The lowest BCUT2D eigenvalue weighted by Crippen LogP contribution is -2.61. The number of carbonyl (C=O) groups is 2. The van der Waals surface area contributed by atoms with Gasteiger partial charge < -0.3 is 34.7 Å². The van der Waals surface area contributed by atoms with Gasteiger partial charge in [0.25, 0.3) is 5.91 Å². The number of nitrogens with zero attached hydrogens (tertiary/aromatic N) is 1. The molecule has 1 saturated heterocycles. The minimum absolute atomic E-state index is 0.259. The van der Waals surface area contributed by atoms with Gasteiger partial charge in [-0.15, -0.1) is 0 Å². The van der Waals surface area contributed by atoms with Crippen LogP contribution in [-0.2, 0) is 9.59 Å². The first-order valence-corrected chi connectivity index (χ1v) is 11.9. The van der Waals surface area contributed by atoms with Crippen LogP contribution < -0.4 is 39.6 Å². The summed E-state index contributed by atoms with van der Waals surface area (Å²) in [5.41, 5.74) is 7.41. The summed E-state index contributed by atoms with van der Waals surface area (Å²) < 4.78 is 28.0. The molecule has 1 fully saturated rings. The molecule has 1 aliphatic heterocycles. The van der Waals surface area contributed by atoms with E-state index in [1.165, 1.54) is 28.4 Å². The maximum Gasteiger partial charge on any atom is 0.271 e. The summed E-state index contributed by atoms with van der Waals surface area (Å²) in [5.74, 6) is 1.59. The number of anilines is 2. The first-order valence-electron chi connectivity index (χ1n) is 11.9. The third-order valence-electron chi connectivity index (χ3n) is 6.22. The van der Waals surface area contributed by atoms with Crippen LogP contribution in [0.4, 0.5) is 11.4 Å². The summed E-state index contributed by atoms with van der Waals surface area (Å²) in [4.78, 5) is 27.5. The Morgan fingerprint density at radius 1 is 0.895 bits per heavy atom. The van der Waals surface area contributed by atoms with Crippen molar-refractivity contribution in [2.75, 3.05) is 38.7 Å². The van der Waals surface area contributed by atoms with Crippen molar-refractivity contribution in [3.63, 3.8) is 0 Å². The van der Waals surface area contributed by atoms with E-state index in [0.29, 0.717) is 45.7 Å². The molecule has 1 heterocycles. The lowest BCUT2D eigenvalue weighted by molar-refractivity contribution is -0.135. The van der Waals surface area contributed by atoms with E-state index in [4.69, 9.17) is 29.4 Å². The largest absolute Gasteiger partial charge is 0.495 e. The van der Waals surface area contributed by atoms with Gasteiger partial charge in [0.2, 0.25) is 17.8 Å². The van der Waals surface area contributed by atoms with Crippen molar-refractivity contribution in [3.05, 3.63) is 66.2 Å². The minimum atomic E-state index is -0.832. The Kier molecular flexibility index (Phi) is 7.92. The highest BCUT2D eigenvalue weighted by atomic mass is 16.5. The molecule has 0 aromatic heterocycles. The Morgan fingerprint density at radius 2 is 1.53 bits per heavy atom. The van der Waals surface area contributed by atoms with Gasteiger partial charge >= 0.3 is 0 Å². The van der Waals surface area contributed by atoms with E-state index in [1.807, 2.05) is 24.3 Å². The molecule has 10 nitrogen and oxygen atoms in total. The van der Waals surface area contributed by atoms with Crippen molar-refractivity contribution in [3.8, 4) is 28.7 Å². The molecule has 3 N–H and O–H groups in total. The monoisotopic (exact) mass is 521 g/mol. The van der Waals surface area contributed by atoms with Gasteiger partial charge in [-0.3, -0.25) is 14.5 Å². The van der Waals surface area contributed by atoms with Crippen molar-refractivity contribution in [2.45, 2.75) is 25.1 Å². The fraction of sp³-hybridized carbons (Fsp3) is 0.286. The molecule has 200 valence electrons. The van der Waals surface area contributed by atoms with Crippen molar-refractivity contribution in [1.82, 2.24) is 0 Å². The average molecular weight is 522 g/mol. The molecular weight excluding hydrogens is 490 g/mol. The van der Waals surface area contributed by atoms with E-state index in [-0.39, 0.29) is 11.8 Å². The smallest absolute Gasteiger partial charge is 0.271 e. The fourth-order valence-electron chi connectivity index (χ4n) is 4.29. The van der Waals surface area contributed by atoms with E-state index in [2.05, 4.69) is 5.32 Å². The average Bonchev–Trinajstić information content (AvgIpc) is 2.94. The third kappa shape index (κ3) is 5.03. The maximum absolute atomic E-state index is 13.6. The number of β-lactam (4-membered cyclic amide) rings is 1. The Bertz CT molecular complexity index is 1290. The maximum atomic E-state index is 13.6. The predicted molar refractivity (Wildman–Crippen MR) is 142 cm³/mol. The lowest BCUT2D eigenvalue weighted by atomic mass is 9.89. The number of rotatable bonds is 10. The number of methoxy groups -OCH3 is 4. The van der Waals surface area contributed by atoms with Crippen LogP contribution in [0.5, 0.6) is 28.7 Å². The number of hydrogen-bond donors (Lipinski definition) is 2. The first-order chi connectivity index (χ1) is 18.3. The highest BCUT2D eigenvalue weighted by Gasteiger charge is 2.51. The number of ether oxygens (including phenoxy) is 5. The Morgan fingerprint density at radius 3 is 2.08 bits per heavy atom. The molecule has 0 aliphatic carbocycles. The summed E-state index contributed by atoms with van der Waals surface area (Å²) in [6, 6.07) is 16.5. The Hall–Kier alpha value is -4.44. The molecule has 3 aromatic carbocycles. The second-order valence-corrected chi connectivity index (χ2v) is 8.63. The van der Waals surface area contributed by atoms with Crippen LogP contribution in [-0.4, -0.2) is 52.4 Å². The van der Waals surface area contributed by atoms with Crippen LogP contribution >= 0.6 is 0 Å². The molecule has 1 unspecified atom stereocenters. The van der Waals surface area contributed by atoms with Gasteiger partial charge in [0.15, 0.2) is 11.5 Å². The highest BCUT2D eigenvalue weighted by molar-refractivity contribution is 6.06. The topological polar surface area (TPSA) is 122 Å². The molecule has 0 radical (unpaired) electrons. The number of nitrogens with two attached hydrogens (primary N) is 1. The van der Waals surface area contributed by atoms with Crippen LogP contribution in [0.3, 0.4) is 0 Å². The number of benzene rings is 3. The normalized spacial score (nSPS) is 17.2. The second-order valence-electron chi connectivity index (χ2n) is 8.63. The number of carbonyl (C=O) groups excluding carboxylic acids is 2. The van der Waals surface area contributed by atoms with E-state index in [1.54, 1.807) is 48.2 Å². The van der Waals surface area contributed by atoms with E-state index in [0.717, 1.165) is 0 Å². The zero-order valence-electron chi connectivity index (χ0n) is 21.9. The predicted octanol–water partition coefficient (Wildman–Crippen LogP) is 3.54. The van der Waals surface area contributed by atoms with Gasteiger partial charge in [0.05, 0.1) is 45.9 Å². The van der Waals surface area contributed by atoms with Crippen LogP contribution in [0.2, 0.25) is 0 Å². The van der Waals surface area contributed by atoms with Crippen LogP contribution in [0, 0.1) is 0 Å². The van der Waals surface area contributed by atoms with E-state index >= 15 is 0 Å². The molecule has 0 spiro atoms. The molecule has 3 aromatic rings. The molecule has 1 aliphatic rings. The van der Waals surface area contributed by atoms with Gasteiger partial charge in [-0.25, -0.2) is 0 Å². The zero-order chi connectivity index (χ0) is 27.4. The molecular formula is C28H31N3O7. The number of amides is 2. The zero-order valence-corrected chi connectivity index (χ0v) is 21.9. The standard InChI is InChI=1S/C28H31N3O7/c1-16(29)27(32)30-20-13-17(11-12-21(20)34-2)24-26(38-19-9-7-6-8-10-19)28(33)31(24)18-14-22(35-3)25(37-5)23(15-18)36-4/h6-16,24,26H,29H2,1-5H3,(H,30,32)/t16?,24-,26-/m1/s1. The summed E-state index contributed by atoms with van der Waals surface area (Å²) in [6.07, 6.45) is -0.832. The summed E-state index contributed by atoms with van der Waals surface area (Å²) in [6.45, 7) is 1.59. The van der Waals surface area contributed by atoms with Crippen molar-refractivity contribution < 1.29 is 33.3 Å². The second kappa shape index (κ2) is 11.3. The molecule has 4 rings (SSSR count). The SMILES string of the molecule is COc1ccc([C@@H]2[C@@H](Oc3ccccc3)C(=O)N2c2cc(OC)c(OC)c(OC)c2)cc1NC(=O)C(C)N. The fourth-order valence-corrected chi connectivity index (χ4v) is 4.29. The lowest BCUT2D eigenvalue weighted by Gasteiger charge is -2.47. The number of hydrogen-bond acceptors (Lipinski definition) is 8. The molecule has 0 saturated carbocycles. The Labute approximate surface area is 221 Å².